The second-order valence-corrected chi connectivity index (χ2v) is 7.43. The smallest absolute Gasteiger partial charge is 0.277 e. The van der Waals surface area contributed by atoms with Crippen LogP contribution >= 0.6 is 35.0 Å². The fourth-order valence-electron chi connectivity index (χ4n) is 2.61. The Hall–Kier alpha value is -1.49. The maximum atomic E-state index is 6.18. The third kappa shape index (κ3) is 3.77. The fraction of sp³-hybridized carbons (Fsp3) is 0.222. The number of hydrogen-bond donors (Lipinski definition) is 0. The molecule has 1 aromatic heterocycles. The molecular weight excluding hydrogens is 363 g/mol. The van der Waals surface area contributed by atoms with Crippen molar-refractivity contribution in [1.82, 2.24) is 10.2 Å². The van der Waals surface area contributed by atoms with E-state index in [-0.39, 0.29) is 0 Å². The van der Waals surface area contributed by atoms with Crippen molar-refractivity contribution in [2.75, 3.05) is 0 Å². The lowest BCUT2D eigenvalue weighted by molar-refractivity contribution is 0.466. The lowest BCUT2D eigenvalue weighted by Crippen LogP contribution is -1.93. The van der Waals surface area contributed by atoms with Gasteiger partial charge < -0.3 is 4.42 Å². The molecule has 0 amide bonds. The topological polar surface area (TPSA) is 38.9 Å². The molecule has 6 heteroatoms. The molecule has 0 saturated carbocycles. The van der Waals surface area contributed by atoms with Gasteiger partial charge in [0.05, 0.1) is 10.6 Å². The van der Waals surface area contributed by atoms with E-state index in [1.807, 2.05) is 0 Å². The molecule has 0 N–H and O–H groups in total. The van der Waals surface area contributed by atoms with Crippen LogP contribution in [0.3, 0.4) is 0 Å². The maximum Gasteiger partial charge on any atom is 0.277 e. The Balaban J connectivity index is 1.78. The molecule has 0 fully saturated rings. The van der Waals surface area contributed by atoms with E-state index in [2.05, 4.69) is 43.1 Å². The average molecular weight is 379 g/mol. The van der Waals surface area contributed by atoms with Gasteiger partial charge in [-0.05, 0) is 55.7 Å². The Labute approximate surface area is 155 Å². The zero-order valence-corrected chi connectivity index (χ0v) is 15.9. The third-order valence-electron chi connectivity index (χ3n) is 3.75. The van der Waals surface area contributed by atoms with Gasteiger partial charge in [-0.1, -0.05) is 52.7 Å². The van der Waals surface area contributed by atoms with Gasteiger partial charge in [0.25, 0.3) is 5.22 Å². The first-order chi connectivity index (χ1) is 11.4. The second kappa shape index (κ2) is 7.18. The Morgan fingerprint density at radius 2 is 1.71 bits per heavy atom. The molecule has 124 valence electrons. The van der Waals surface area contributed by atoms with Crippen LogP contribution in [0.2, 0.25) is 10.0 Å². The van der Waals surface area contributed by atoms with Crippen LogP contribution in [0.4, 0.5) is 0 Å². The van der Waals surface area contributed by atoms with Crippen LogP contribution in [0.1, 0.15) is 22.3 Å². The van der Waals surface area contributed by atoms with Crippen LogP contribution in [-0.4, -0.2) is 10.2 Å². The van der Waals surface area contributed by atoms with Crippen LogP contribution in [0, 0.1) is 20.8 Å². The molecule has 0 aliphatic rings. The van der Waals surface area contributed by atoms with Gasteiger partial charge in [0.1, 0.15) is 0 Å². The minimum atomic E-state index is 0.400. The molecule has 3 nitrogen and oxygen atoms in total. The maximum absolute atomic E-state index is 6.18. The van der Waals surface area contributed by atoms with E-state index in [9.17, 15) is 0 Å². The number of aryl methyl sites for hydroxylation is 3. The summed E-state index contributed by atoms with van der Waals surface area (Å²) in [6.07, 6.45) is 0. The van der Waals surface area contributed by atoms with Crippen molar-refractivity contribution in [2.24, 2.45) is 0 Å². The van der Waals surface area contributed by atoms with Crippen molar-refractivity contribution in [3.63, 3.8) is 0 Å². The highest BCUT2D eigenvalue weighted by molar-refractivity contribution is 7.98. The molecular formula is C18H16Cl2N2OS. The SMILES string of the molecule is Cc1cc(C)c(CSc2nnc(-c3ccc(Cl)cc3Cl)o2)c(C)c1. The molecule has 3 aromatic rings. The molecule has 0 unspecified atom stereocenters. The van der Waals surface area contributed by atoms with Crippen LogP contribution in [0.5, 0.6) is 0 Å². The normalized spacial score (nSPS) is 11.0. The number of nitrogens with zero attached hydrogens (tertiary/aromatic N) is 2. The summed E-state index contributed by atoms with van der Waals surface area (Å²) in [6.45, 7) is 6.36. The van der Waals surface area contributed by atoms with Crippen LogP contribution in [0.15, 0.2) is 40.0 Å². The summed E-state index contributed by atoms with van der Waals surface area (Å²) in [6, 6.07) is 9.57. The zero-order valence-electron chi connectivity index (χ0n) is 13.6. The van der Waals surface area contributed by atoms with E-state index in [1.165, 1.54) is 34.0 Å². The lowest BCUT2D eigenvalue weighted by Gasteiger charge is -2.09. The number of hydrogen-bond acceptors (Lipinski definition) is 4. The first-order valence-corrected chi connectivity index (χ1v) is 9.16. The molecule has 24 heavy (non-hydrogen) atoms. The van der Waals surface area contributed by atoms with E-state index in [4.69, 9.17) is 27.6 Å². The largest absolute Gasteiger partial charge is 0.411 e. The Morgan fingerprint density at radius 3 is 2.38 bits per heavy atom. The Bertz CT molecular complexity index is 869. The van der Waals surface area contributed by atoms with Crippen LogP contribution in [-0.2, 0) is 5.75 Å². The number of benzene rings is 2. The van der Waals surface area contributed by atoms with E-state index in [1.54, 1.807) is 18.2 Å². The first kappa shape index (κ1) is 17.3. The van der Waals surface area contributed by atoms with Crippen molar-refractivity contribution in [2.45, 2.75) is 31.7 Å². The fourth-order valence-corrected chi connectivity index (χ4v) is 4.06. The van der Waals surface area contributed by atoms with Gasteiger partial charge in [-0.25, -0.2) is 0 Å². The average Bonchev–Trinajstić information content (AvgIpc) is 2.94. The van der Waals surface area contributed by atoms with Gasteiger partial charge >= 0.3 is 0 Å². The quantitative estimate of drug-likeness (QED) is 0.502. The van der Waals surface area contributed by atoms with Gasteiger partial charge in [-0.15, -0.1) is 10.2 Å². The van der Waals surface area contributed by atoms with Gasteiger partial charge in [0, 0.05) is 10.8 Å². The van der Waals surface area contributed by atoms with Gasteiger partial charge in [0.2, 0.25) is 5.89 Å². The van der Waals surface area contributed by atoms with Crippen molar-refractivity contribution >= 4 is 35.0 Å². The van der Waals surface area contributed by atoms with E-state index in [0.29, 0.717) is 26.7 Å². The molecule has 0 saturated heterocycles. The van der Waals surface area contributed by atoms with E-state index in [0.717, 1.165) is 5.75 Å². The molecule has 0 spiro atoms. The molecule has 0 aliphatic heterocycles. The van der Waals surface area contributed by atoms with Gasteiger partial charge in [0.15, 0.2) is 0 Å². The lowest BCUT2D eigenvalue weighted by atomic mass is 10.0. The minimum Gasteiger partial charge on any atom is -0.411 e. The molecule has 1 heterocycles. The predicted molar refractivity (Wildman–Crippen MR) is 100.0 cm³/mol. The van der Waals surface area contributed by atoms with Crippen LogP contribution < -0.4 is 0 Å². The van der Waals surface area contributed by atoms with Crippen molar-refractivity contribution < 1.29 is 4.42 Å². The highest BCUT2D eigenvalue weighted by atomic mass is 35.5. The van der Waals surface area contributed by atoms with Gasteiger partial charge in [-0.2, -0.15) is 0 Å². The number of rotatable bonds is 4. The summed E-state index contributed by atoms with van der Waals surface area (Å²) in [5.41, 5.74) is 5.81. The minimum absolute atomic E-state index is 0.400. The summed E-state index contributed by atoms with van der Waals surface area (Å²) >= 11 is 13.6. The number of aromatic nitrogens is 2. The zero-order chi connectivity index (χ0) is 17.3. The van der Waals surface area contributed by atoms with Gasteiger partial charge in [-0.3, -0.25) is 0 Å². The summed E-state index contributed by atoms with van der Waals surface area (Å²) in [7, 11) is 0. The Kier molecular flexibility index (Phi) is 5.18. The standard InChI is InChI=1S/C18H16Cl2N2OS/c1-10-6-11(2)15(12(3)7-10)9-24-18-22-21-17(23-18)14-5-4-13(19)8-16(14)20/h4-8H,9H2,1-3H3. The molecule has 3 rings (SSSR count). The summed E-state index contributed by atoms with van der Waals surface area (Å²) in [5.74, 6) is 1.19. The van der Waals surface area contributed by atoms with Crippen molar-refractivity contribution in [1.29, 1.82) is 0 Å². The summed E-state index contributed by atoms with van der Waals surface area (Å²) < 4.78 is 5.73. The highest BCUT2D eigenvalue weighted by Crippen LogP contribution is 2.32. The van der Waals surface area contributed by atoms with Crippen molar-refractivity contribution in [3.05, 3.63) is 62.6 Å². The third-order valence-corrected chi connectivity index (χ3v) is 5.14. The van der Waals surface area contributed by atoms with E-state index < -0.39 is 0 Å². The summed E-state index contributed by atoms with van der Waals surface area (Å²) in [4.78, 5) is 0. The molecule has 0 atom stereocenters. The molecule has 0 radical (unpaired) electrons. The number of halogens is 2. The number of thioether (sulfide) groups is 1. The predicted octanol–water partition coefficient (Wildman–Crippen LogP) is 6.26. The van der Waals surface area contributed by atoms with Crippen LogP contribution in [0.25, 0.3) is 11.5 Å². The summed E-state index contributed by atoms with van der Waals surface area (Å²) in [5, 5.41) is 9.78. The monoisotopic (exact) mass is 378 g/mol. The van der Waals surface area contributed by atoms with Crippen molar-refractivity contribution in [3.8, 4) is 11.5 Å². The molecule has 2 aromatic carbocycles. The molecule has 0 bridgehead atoms. The first-order valence-electron chi connectivity index (χ1n) is 7.42. The Morgan fingerprint density at radius 1 is 1.00 bits per heavy atom. The molecule has 0 aliphatic carbocycles. The van der Waals surface area contributed by atoms with E-state index >= 15 is 0 Å². The second-order valence-electron chi connectivity index (χ2n) is 5.66. The highest BCUT2D eigenvalue weighted by Gasteiger charge is 2.14.